The summed E-state index contributed by atoms with van der Waals surface area (Å²) in [4.78, 5) is 39.0. The van der Waals surface area contributed by atoms with E-state index in [1.165, 1.54) is 0 Å². The highest BCUT2D eigenvalue weighted by molar-refractivity contribution is 5.82. The second-order valence-electron chi connectivity index (χ2n) is 8.43. The summed E-state index contributed by atoms with van der Waals surface area (Å²) < 4.78 is 5.74. The van der Waals surface area contributed by atoms with E-state index < -0.39 is 11.6 Å². The highest BCUT2D eigenvalue weighted by Gasteiger charge is 2.31. The molecule has 1 atom stereocenters. The average Bonchev–Trinajstić information content (AvgIpc) is 2.74. The van der Waals surface area contributed by atoms with E-state index in [0.29, 0.717) is 43.0 Å². The number of fused-ring (bicyclic) bond motifs is 1. The molecular formula is C23H27N5O3. The van der Waals surface area contributed by atoms with Gasteiger partial charge in [0.15, 0.2) is 0 Å². The van der Waals surface area contributed by atoms with E-state index in [4.69, 9.17) is 4.74 Å². The Bertz CT molecular complexity index is 1140. The van der Waals surface area contributed by atoms with Crippen LogP contribution in [0.25, 0.3) is 10.9 Å². The Morgan fingerprint density at radius 1 is 1.29 bits per heavy atom. The molecule has 8 nitrogen and oxygen atoms in total. The summed E-state index contributed by atoms with van der Waals surface area (Å²) in [5, 5.41) is 3.64. The van der Waals surface area contributed by atoms with Gasteiger partial charge >= 0.3 is 0 Å². The van der Waals surface area contributed by atoms with Gasteiger partial charge in [-0.1, -0.05) is 18.2 Å². The molecular weight excluding hydrogens is 394 g/mol. The Labute approximate surface area is 180 Å². The third kappa shape index (κ3) is 4.81. The maximum atomic E-state index is 12.9. The fourth-order valence-corrected chi connectivity index (χ4v) is 3.72. The zero-order valence-electron chi connectivity index (χ0n) is 18.0. The first-order valence-electron chi connectivity index (χ1n) is 10.4. The highest BCUT2D eigenvalue weighted by atomic mass is 16.5. The molecule has 8 heteroatoms. The van der Waals surface area contributed by atoms with Gasteiger partial charge in [0.05, 0.1) is 29.6 Å². The van der Waals surface area contributed by atoms with Crippen LogP contribution in [0.1, 0.15) is 30.9 Å². The fraction of sp³-hybridized carbons (Fsp3) is 0.391. The van der Waals surface area contributed by atoms with E-state index in [2.05, 4.69) is 25.2 Å². The maximum Gasteiger partial charge on any atom is 0.258 e. The average molecular weight is 422 g/mol. The molecule has 1 saturated heterocycles. The van der Waals surface area contributed by atoms with Gasteiger partial charge in [-0.05, 0) is 44.5 Å². The second-order valence-corrected chi connectivity index (χ2v) is 8.43. The summed E-state index contributed by atoms with van der Waals surface area (Å²) in [7, 11) is 0. The van der Waals surface area contributed by atoms with Gasteiger partial charge in [-0.15, -0.1) is 0 Å². The molecule has 4 rings (SSSR count). The van der Waals surface area contributed by atoms with Crippen molar-refractivity contribution < 1.29 is 9.53 Å². The number of morpholine rings is 1. The summed E-state index contributed by atoms with van der Waals surface area (Å²) >= 11 is 0. The van der Waals surface area contributed by atoms with Crippen LogP contribution in [-0.2, 0) is 21.6 Å². The Morgan fingerprint density at radius 3 is 2.87 bits per heavy atom. The minimum atomic E-state index is -0.599. The first-order chi connectivity index (χ1) is 14.8. The normalized spacial score (nSPS) is 17.6. The van der Waals surface area contributed by atoms with Crippen molar-refractivity contribution in [3.8, 4) is 0 Å². The van der Waals surface area contributed by atoms with Gasteiger partial charge in [-0.2, -0.15) is 0 Å². The molecule has 1 aliphatic heterocycles. The number of ether oxygens (including phenoxy) is 1. The standard InChI is InChI=1S/C23H27N5O3/c1-15-8-9-16(12-24-15)23(2,3)27-22(30)19-13-28(10-11-31-19)14-20-25-18-7-5-4-6-17(18)21(29)26-20/h4-9,12,19H,10-11,13-14H2,1-3H3,(H,27,30)(H,25,26,29). The third-order valence-electron chi connectivity index (χ3n) is 5.55. The topological polar surface area (TPSA) is 100 Å². The van der Waals surface area contributed by atoms with Crippen LogP contribution in [0.15, 0.2) is 47.4 Å². The number of hydrogen-bond acceptors (Lipinski definition) is 6. The molecule has 2 N–H and O–H groups in total. The molecule has 3 heterocycles. The van der Waals surface area contributed by atoms with Gasteiger partial charge in [0.2, 0.25) is 0 Å². The number of carbonyl (C=O) groups is 1. The van der Waals surface area contributed by atoms with Gasteiger partial charge in [-0.25, -0.2) is 4.98 Å². The van der Waals surface area contributed by atoms with Crippen LogP contribution in [0, 0.1) is 6.92 Å². The maximum absolute atomic E-state index is 12.9. The van der Waals surface area contributed by atoms with Crippen molar-refractivity contribution in [2.45, 2.75) is 39.0 Å². The van der Waals surface area contributed by atoms with Crippen molar-refractivity contribution >= 4 is 16.8 Å². The van der Waals surface area contributed by atoms with E-state index in [0.717, 1.165) is 11.3 Å². The van der Waals surface area contributed by atoms with E-state index in [9.17, 15) is 9.59 Å². The lowest BCUT2D eigenvalue weighted by Crippen LogP contribution is -2.53. The number of aryl methyl sites for hydroxylation is 1. The highest BCUT2D eigenvalue weighted by Crippen LogP contribution is 2.20. The van der Waals surface area contributed by atoms with Crippen molar-refractivity contribution in [3.05, 3.63) is 70.0 Å². The number of benzene rings is 1. The van der Waals surface area contributed by atoms with Crippen molar-refractivity contribution in [1.29, 1.82) is 0 Å². The summed E-state index contributed by atoms with van der Waals surface area (Å²) in [5.74, 6) is 0.408. The summed E-state index contributed by atoms with van der Waals surface area (Å²) in [6.07, 6.45) is 1.18. The Hall–Kier alpha value is -3.10. The number of nitrogens with zero attached hydrogens (tertiary/aromatic N) is 3. The molecule has 31 heavy (non-hydrogen) atoms. The molecule has 2 aromatic heterocycles. The molecule has 0 spiro atoms. The Kier molecular flexibility index (Phi) is 5.84. The minimum Gasteiger partial charge on any atom is -0.366 e. The van der Waals surface area contributed by atoms with Crippen molar-refractivity contribution in [1.82, 2.24) is 25.2 Å². The molecule has 0 aliphatic carbocycles. The minimum absolute atomic E-state index is 0.156. The van der Waals surface area contributed by atoms with E-state index in [1.54, 1.807) is 12.3 Å². The number of aromatic nitrogens is 3. The number of pyridine rings is 1. The van der Waals surface area contributed by atoms with Crippen LogP contribution in [0.3, 0.4) is 0 Å². The lowest BCUT2D eigenvalue weighted by Gasteiger charge is -2.34. The first kappa shape index (κ1) is 21.1. The van der Waals surface area contributed by atoms with Crippen LogP contribution in [0.5, 0.6) is 0 Å². The molecule has 0 bridgehead atoms. The predicted molar refractivity (Wildman–Crippen MR) is 118 cm³/mol. The van der Waals surface area contributed by atoms with Crippen molar-refractivity contribution in [2.75, 3.05) is 19.7 Å². The number of carbonyl (C=O) groups excluding carboxylic acids is 1. The lowest BCUT2D eigenvalue weighted by atomic mass is 9.95. The zero-order valence-corrected chi connectivity index (χ0v) is 18.0. The number of para-hydroxylation sites is 1. The molecule has 162 valence electrons. The number of aromatic amines is 1. The SMILES string of the molecule is Cc1ccc(C(C)(C)NC(=O)C2CN(Cc3nc4ccccc4c(=O)[nH]3)CCO2)cn1. The van der Waals surface area contributed by atoms with Crippen LogP contribution >= 0.6 is 0 Å². The van der Waals surface area contributed by atoms with Crippen LogP contribution < -0.4 is 10.9 Å². The molecule has 1 aromatic carbocycles. The number of rotatable bonds is 5. The van der Waals surface area contributed by atoms with Gasteiger partial charge in [0.25, 0.3) is 11.5 Å². The van der Waals surface area contributed by atoms with E-state index in [1.807, 2.05) is 51.1 Å². The summed E-state index contributed by atoms with van der Waals surface area (Å²) in [6, 6.07) is 11.2. The summed E-state index contributed by atoms with van der Waals surface area (Å²) in [6.45, 7) is 7.78. The molecule has 0 radical (unpaired) electrons. The number of hydrogen-bond donors (Lipinski definition) is 2. The predicted octanol–water partition coefficient (Wildman–Crippen LogP) is 1.88. The number of H-pyrrole nitrogens is 1. The summed E-state index contributed by atoms with van der Waals surface area (Å²) in [5.41, 5.74) is 1.79. The van der Waals surface area contributed by atoms with Crippen molar-refractivity contribution in [2.24, 2.45) is 0 Å². The molecule has 1 unspecified atom stereocenters. The Morgan fingerprint density at radius 2 is 2.10 bits per heavy atom. The van der Waals surface area contributed by atoms with Gasteiger partial charge in [0.1, 0.15) is 11.9 Å². The van der Waals surface area contributed by atoms with Gasteiger partial charge < -0.3 is 15.0 Å². The zero-order chi connectivity index (χ0) is 22.0. The molecule has 1 aliphatic rings. The first-order valence-corrected chi connectivity index (χ1v) is 10.4. The van der Waals surface area contributed by atoms with E-state index in [-0.39, 0.29) is 11.5 Å². The molecule has 1 amide bonds. The number of amides is 1. The van der Waals surface area contributed by atoms with Crippen LogP contribution in [0.2, 0.25) is 0 Å². The second kappa shape index (κ2) is 8.56. The van der Waals surface area contributed by atoms with E-state index >= 15 is 0 Å². The third-order valence-corrected chi connectivity index (χ3v) is 5.55. The van der Waals surface area contributed by atoms with Crippen molar-refractivity contribution in [3.63, 3.8) is 0 Å². The lowest BCUT2D eigenvalue weighted by molar-refractivity contribution is -0.140. The monoisotopic (exact) mass is 421 g/mol. The van der Waals surface area contributed by atoms with Crippen LogP contribution in [-0.4, -0.2) is 51.6 Å². The molecule has 0 saturated carbocycles. The van der Waals surface area contributed by atoms with Gasteiger partial charge in [-0.3, -0.25) is 19.5 Å². The quantitative estimate of drug-likeness (QED) is 0.653. The molecule has 3 aromatic rings. The van der Waals surface area contributed by atoms with Gasteiger partial charge in [0, 0.05) is 25.0 Å². The largest absolute Gasteiger partial charge is 0.366 e. The molecule has 1 fully saturated rings. The number of nitrogens with one attached hydrogen (secondary N) is 2. The Balaban J connectivity index is 1.43. The fourth-order valence-electron chi connectivity index (χ4n) is 3.72. The van der Waals surface area contributed by atoms with Crippen LogP contribution in [0.4, 0.5) is 0 Å². The smallest absolute Gasteiger partial charge is 0.258 e.